The molecule has 0 aromatic carbocycles. The van der Waals surface area contributed by atoms with Gasteiger partial charge in [-0.3, -0.25) is 4.90 Å². The fourth-order valence-electron chi connectivity index (χ4n) is 3.49. The Morgan fingerprint density at radius 1 is 1.21 bits per heavy atom. The Morgan fingerprint density at radius 2 is 1.89 bits per heavy atom. The largest absolute Gasteiger partial charge is 0.390 e. The van der Waals surface area contributed by atoms with Gasteiger partial charge in [0.15, 0.2) is 0 Å². The van der Waals surface area contributed by atoms with Crippen LogP contribution in [-0.4, -0.2) is 73.9 Å². The first-order valence-electron chi connectivity index (χ1n) is 8.03. The van der Waals surface area contributed by atoms with Crippen LogP contribution in [0.4, 0.5) is 0 Å². The number of likely N-dealkylation sites (N-methyl/N-ethyl adjacent to an activating group) is 1. The minimum atomic E-state index is -0.202. The highest BCUT2D eigenvalue weighted by Crippen LogP contribution is 2.24. The Bertz CT molecular complexity index is 214. The van der Waals surface area contributed by atoms with Crippen molar-refractivity contribution in [2.75, 3.05) is 52.9 Å². The van der Waals surface area contributed by atoms with Gasteiger partial charge in [0, 0.05) is 45.8 Å². The van der Waals surface area contributed by atoms with Gasteiger partial charge < -0.3 is 15.3 Å². The highest BCUT2D eigenvalue weighted by molar-refractivity contribution is 4.74. The monoisotopic (exact) mass is 269 g/mol. The normalized spacial score (nSPS) is 24.8. The van der Waals surface area contributed by atoms with Crippen LogP contribution in [0, 0.1) is 5.92 Å². The SMILES string of the molecule is CN(CC(O)CN1CCNCC1)CC1CCCCC1. The molecule has 2 fully saturated rings. The molecule has 1 atom stereocenters. The maximum atomic E-state index is 10.2. The van der Waals surface area contributed by atoms with Crippen molar-refractivity contribution in [2.24, 2.45) is 5.92 Å². The summed E-state index contributed by atoms with van der Waals surface area (Å²) in [5.74, 6) is 0.866. The van der Waals surface area contributed by atoms with E-state index in [9.17, 15) is 5.11 Å². The zero-order chi connectivity index (χ0) is 13.5. The summed E-state index contributed by atoms with van der Waals surface area (Å²) in [5, 5.41) is 13.5. The number of rotatable bonds is 6. The lowest BCUT2D eigenvalue weighted by Gasteiger charge is -2.32. The van der Waals surface area contributed by atoms with E-state index in [1.54, 1.807) is 0 Å². The summed E-state index contributed by atoms with van der Waals surface area (Å²) in [7, 11) is 2.16. The predicted molar refractivity (Wildman–Crippen MR) is 79.4 cm³/mol. The van der Waals surface area contributed by atoms with Crippen molar-refractivity contribution in [2.45, 2.75) is 38.2 Å². The summed E-state index contributed by atoms with van der Waals surface area (Å²) < 4.78 is 0. The molecule has 2 rings (SSSR count). The van der Waals surface area contributed by atoms with E-state index < -0.39 is 0 Å². The Kier molecular flexibility index (Phi) is 6.57. The summed E-state index contributed by atoms with van der Waals surface area (Å²) in [6.07, 6.45) is 6.80. The number of nitrogens with zero attached hydrogens (tertiary/aromatic N) is 2. The summed E-state index contributed by atoms with van der Waals surface area (Å²) in [6.45, 7) is 7.08. The van der Waals surface area contributed by atoms with Crippen LogP contribution in [0.1, 0.15) is 32.1 Å². The first-order valence-corrected chi connectivity index (χ1v) is 8.03. The zero-order valence-electron chi connectivity index (χ0n) is 12.5. The van der Waals surface area contributed by atoms with Crippen molar-refractivity contribution >= 4 is 0 Å². The lowest BCUT2D eigenvalue weighted by Crippen LogP contribution is -2.48. The molecular weight excluding hydrogens is 238 g/mol. The maximum Gasteiger partial charge on any atom is 0.0793 e. The van der Waals surface area contributed by atoms with Crippen LogP contribution in [0.25, 0.3) is 0 Å². The minimum Gasteiger partial charge on any atom is -0.390 e. The Labute approximate surface area is 118 Å². The van der Waals surface area contributed by atoms with Gasteiger partial charge in [-0.05, 0) is 25.8 Å². The second kappa shape index (κ2) is 8.20. The molecular formula is C15H31N3O. The molecule has 0 bridgehead atoms. The highest BCUT2D eigenvalue weighted by Gasteiger charge is 2.19. The fraction of sp³-hybridized carbons (Fsp3) is 1.00. The summed E-state index contributed by atoms with van der Waals surface area (Å²) >= 11 is 0. The number of β-amino-alcohol motifs (C(OH)–C–C–N with tert-alkyl or cyclic N) is 1. The van der Waals surface area contributed by atoms with Gasteiger partial charge in [-0.25, -0.2) is 0 Å². The molecule has 112 valence electrons. The van der Waals surface area contributed by atoms with Gasteiger partial charge in [0.2, 0.25) is 0 Å². The van der Waals surface area contributed by atoms with Gasteiger partial charge >= 0.3 is 0 Å². The van der Waals surface area contributed by atoms with Crippen molar-refractivity contribution < 1.29 is 5.11 Å². The zero-order valence-corrected chi connectivity index (χ0v) is 12.5. The van der Waals surface area contributed by atoms with Crippen molar-refractivity contribution in [1.29, 1.82) is 0 Å². The van der Waals surface area contributed by atoms with Gasteiger partial charge in [-0.15, -0.1) is 0 Å². The van der Waals surface area contributed by atoms with Crippen LogP contribution in [0.2, 0.25) is 0 Å². The number of nitrogens with one attached hydrogen (secondary N) is 1. The molecule has 0 amide bonds. The first kappa shape index (κ1) is 15.2. The molecule has 1 saturated heterocycles. The van der Waals surface area contributed by atoms with Crippen molar-refractivity contribution in [3.05, 3.63) is 0 Å². The minimum absolute atomic E-state index is 0.202. The molecule has 2 aliphatic rings. The molecule has 1 aliphatic carbocycles. The quantitative estimate of drug-likeness (QED) is 0.747. The molecule has 4 nitrogen and oxygen atoms in total. The number of hydrogen-bond donors (Lipinski definition) is 2. The molecule has 1 unspecified atom stereocenters. The van der Waals surface area contributed by atoms with Crippen molar-refractivity contribution in [3.63, 3.8) is 0 Å². The third-order valence-corrected chi connectivity index (χ3v) is 4.50. The lowest BCUT2D eigenvalue weighted by atomic mass is 9.89. The van der Waals surface area contributed by atoms with E-state index in [1.807, 2.05) is 0 Å². The van der Waals surface area contributed by atoms with Crippen molar-refractivity contribution in [1.82, 2.24) is 15.1 Å². The predicted octanol–water partition coefficient (Wildman–Crippen LogP) is 0.765. The molecule has 1 heterocycles. The third kappa shape index (κ3) is 5.78. The van der Waals surface area contributed by atoms with E-state index in [2.05, 4.69) is 22.2 Å². The number of piperazine rings is 1. The molecule has 0 spiro atoms. The molecule has 1 aliphatic heterocycles. The number of aliphatic hydroxyl groups is 1. The average Bonchev–Trinajstić information content (AvgIpc) is 2.40. The molecule has 0 aromatic heterocycles. The first-order chi connectivity index (χ1) is 9.24. The summed E-state index contributed by atoms with van der Waals surface area (Å²) in [5.41, 5.74) is 0. The van der Waals surface area contributed by atoms with Gasteiger partial charge in [0.25, 0.3) is 0 Å². The van der Waals surface area contributed by atoms with E-state index in [0.717, 1.165) is 45.2 Å². The van der Waals surface area contributed by atoms with E-state index in [0.29, 0.717) is 0 Å². The Hall–Kier alpha value is -0.160. The van der Waals surface area contributed by atoms with Crippen LogP contribution in [-0.2, 0) is 0 Å². The lowest BCUT2D eigenvalue weighted by molar-refractivity contribution is 0.0706. The summed E-state index contributed by atoms with van der Waals surface area (Å²) in [6, 6.07) is 0. The van der Waals surface area contributed by atoms with Crippen molar-refractivity contribution in [3.8, 4) is 0 Å². The maximum absolute atomic E-state index is 10.2. The van der Waals surface area contributed by atoms with Gasteiger partial charge in [-0.1, -0.05) is 19.3 Å². The molecule has 0 radical (unpaired) electrons. The number of aliphatic hydroxyl groups excluding tert-OH is 1. The van der Waals surface area contributed by atoms with E-state index in [1.165, 1.54) is 38.6 Å². The van der Waals surface area contributed by atoms with E-state index in [4.69, 9.17) is 0 Å². The molecule has 2 N–H and O–H groups in total. The molecule has 0 aromatic rings. The van der Waals surface area contributed by atoms with E-state index in [-0.39, 0.29) is 6.10 Å². The van der Waals surface area contributed by atoms with Crippen LogP contribution in [0.15, 0.2) is 0 Å². The Balaban J connectivity index is 1.61. The Morgan fingerprint density at radius 3 is 2.58 bits per heavy atom. The van der Waals surface area contributed by atoms with E-state index >= 15 is 0 Å². The van der Waals surface area contributed by atoms with Crippen LogP contribution >= 0.6 is 0 Å². The standard InChI is InChI=1S/C15H31N3O/c1-17(11-14-5-3-2-4-6-14)12-15(19)13-18-9-7-16-8-10-18/h14-16,19H,2-13H2,1H3. The van der Waals surface area contributed by atoms with Crippen LogP contribution in [0.5, 0.6) is 0 Å². The van der Waals surface area contributed by atoms with Crippen LogP contribution in [0.3, 0.4) is 0 Å². The van der Waals surface area contributed by atoms with Gasteiger partial charge in [0.05, 0.1) is 6.10 Å². The van der Waals surface area contributed by atoms with Crippen LogP contribution < -0.4 is 5.32 Å². The topological polar surface area (TPSA) is 38.7 Å². The molecule has 1 saturated carbocycles. The highest BCUT2D eigenvalue weighted by atomic mass is 16.3. The van der Waals surface area contributed by atoms with Gasteiger partial charge in [0.1, 0.15) is 0 Å². The number of hydrogen-bond acceptors (Lipinski definition) is 4. The molecule has 4 heteroatoms. The third-order valence-electron chi connectivity index (χ3n) is 4.50. The summed E-state index contributed by atoms with van der Waals surface area (Å²) in [4.78, 5) is 4.71. The van der Waals surface area contributed by atoms with Gasteiger partial charge in [-0.2, -0.15) is 0 Å². The fourth-order valence-corrected chi connectivity index (χ4v) is 3.49. The molecule has 19 heavy (non-hydrogen) atoms. The average molecular weight is 269 g/mol. The smallest absolute Gasteiger partial charge is 0.0793 e. The second-order valence-electron chi connectivity index (χ2n) is 6.43. The second-order valence-corrected chi connectivity index (χ2v) is 6.43.